The summed E-state index contributed by atoms with van der Waals surface area (Å²) in [5.74, 6) is -1.01. The van der Waals surface area contributed by atoms with Crippen molar-refractivity contribution in [3.8, 4) is 0 Å². The number of carboxylic acid groups (broad SMARTS) is 1. The van der Waals surface area contributed by atoms with Crippen LogP contribution in [0.25, 0.3) is 0 Å². The SMILES string of the molecule is CCC(C)(CNC(=O)CCC(C)OC)C(=O)O. The molecule has 0 rings (SSSR count). The second-order valence-corrected chi connectivity index (χ2v) is 4.58. The molecule has 5 nitrogen and oxygen atoms in total. The van der Waals surface area contributed by atoms with E-state index in [-0.39, 0.29) is 18.6 Å². The van der Waals surface area contributed by atoms with Crippen molar-refractivity contribution in [2.45, 2.75) is 46.1 Å². The van der Waals surface area contributed by atoms with Gasteiger partial charge in [0.1, 0.15) is 0 Å². The first-order valence-corrected chi connectivity index (χ1v) is 5.88. The molecular formula is C12H23NO4. The van der Waals surface area contributed by atoms with Gasteiger partial charge in [-0.2, -0.15) is 0 Å². The van der Waals surface area contributed by atoms with E-state index in [0.29, 0.717) is 19.3 Å². The first-order chi connectivity index (χ1) is 7.85. The second-order valence-electron chi connectivity index (χ2n) is 4.58. The van der Waals surface area contributed by atoms with Crippen molar-refractivity contribution in [3.63, 3.8) is 0 Å². The number of hydrogen-bond donors (Lipinski definition) is 2. The van der Waals surface area contributed by atoms with Crippen molar-refractivity contribution in [3.05, 3.63) is 0 Å². The fourth-order valence-corrected chi connectivity index (χ4v) is 1.19. The van der Waals surface area contributed by atoms with Crippen LogP contribution in [0.2, 0.25) is 0 Å². The number of nitrogens with one attached hydrogen (secondary N) is 1. The highest BCUT2D eigenvalue weighted by atomic mass is 16.5. The number of carboxylic acids is 1. The van der Waals surface area contributed by atoms with Gasteiger partial charge in [0.15, 0.2) is 0 Å². The predicted molar refractivity (Wildman–Crippen MR) is 64.7 cm³/mol. The number of methoxy groups -OCH3 is 1. The molecule has 17 heavy (non-hydrogen) atoms. The van der Waals surface area contributed by atoms with Crippen LogP contribution in [0.5, 0.6) is 0 Å². The van der Waals surface area contributed by atoms with Gasteiger partial charge in [-0.3, -0.25) is 9.59 Å². The molecule has 0 radical (unpaired) electrons. The van der Waals surface area contributed by atoms with E-state index in [1.165, 1.54) is 0 Å². The Morgan fingerprint density at radius 1 is 1.47 bits per heavy atom. The van der Waals surface area contributed by atoms with Gasteiger partial charge >= 0.3 is 5.97 Å². The quantitative estimate of drug-likeness (QED) is 0.678. The summed E-state index contributed by atoms with van der Waals surface area (Å²) in [4.78, 5) is 22.5. The normalized spacial score (nSPS) is 16.0. The molecule has 100 valence electrons. The molecule has 0 aliphatic rings. The molecular weight excluding hydrogens is 222 g/mol. The highest BCUT2D eigenvalue weighted by Gasteiger charge is 2.31. The zero-order chi connectivity index (χ0) is 13.5. The van der Waals surface area contributed by atoms with Crippen molar-refractivity contribution in [1.82, 2.24) is 5.32 Å². The van der Waals surface area contributed by atoms with E-state index in [9.17, 15) is 9.59 Å². The molecule has 0 aliphatic heterocycles. The molecule has 0 aliphatic carbocycles. The smallest absolute Gasteiger partial charge is 0.311 e. The average Bonchev–Trinajstić information content (AvgIpc) is 2.32. The third-order valence-electron chi connectivity index (χ3n) is 3.15. The standard InChI is InChI=1S/C12H23NO4/c1-5-12(3,11(15)16)8-13-10(14)7-6-9(2)17-4/h9H,5-8H2,1-4H3,(H,13,14)(H,15,16). The van der Waals surface area contributed by atoms with Gasteiger partial charge in [0, 0.05) is 20.1 Å². The summed E-state index contributed by atoms with van der Waals surface area (Å²) in [7, 11) is 1.60. The van der Waals surface area contributed by atoms with Gasteiger partial charge < -0.3 is 15.2 Å². The maximum Gasteiger partial charge on any atom is 0.311 e. The van der Waals surface area contributed by atoms with E-state index in [4.69, 9.17) is 9.84 Å². The van der Waals surface area contributed by atoms with Crippen LogP contribution in [0.15, 0.2) is 0 Å². The number of amides is 1. The summed E-state index contributed by atoms with van der Waals surface area (Å²) >= 11 is 0. The average molecular weight is 245 g/mol. The monoisotopic (exact) mass is 245 g/mol. The third kappa shape index (κ3) is 5.68. The predicted octanol–water partition coefficient (Wildman–Crippen LogP) is 1.42. The fourth-order valence-electron chi connectivity index (χ4n) is 1.19. The second kappa shape index (κ2) is 7.27. The van der Waals surface area contributed by atoms with E-state index in [0.717, 1.165) is 0 Å². The molecule has 0 heterocycles. The molecule has 0 saturated carbocycles. The molecule has 0 fully saturated rings. The van der Waals surface area contributed by atoms with Crippen LogP contribution in [0, 0.1) is 5.41 Å². The molecule has 0 aromatic carbocycles. The largest absolute Gasteiger partial charge is 0.481 e. The Balaban J connectivity index is 4.02. The Hall–Kier alpha value is -1.10. The van der Waals surface area contributed by atoms with Crippen LogP contribution in [0.1, 0.15) is 40.0 Å². The van der Waals surface area contributed by atoms with Gasteiger partial charge in [0.05, 0.1) is 11.5 Å². The van der Waals surface area contributed by atoms with Crippen molar-refractivity contribution < 1.29 is 19.4 Å². The number of aliphatic carboxylic acids is 1. The summed E-state index contributed by atoms with van der Waals surface area (Å²) in [6.45, 7) is 5.49. The Kier molecular flexibility index (Phi) is 6.80. The molecule has 0 bridgehead atoms. The molecule has 1 amide bonds. The lowest BCUT2D eigenvalue weighted by atomic mass is 9.87. The van der Waals surface area contributed by atoms with E-state index >= 15 is 0 Å². The summed E-state index contributed by atoms with van der Waals surface area (Å²) < 4.78 is 5.03. The Labute approximate surface area is 103 Å². The van der Waals surface area contributed by atoms with Crippen LogP contribution in [0.3, 0.4) is 0 Å². The van der Waals surface area contributed by atoms with Crippen molar-refractivity contribution in [2.24, 2.45) is 5.41 Å². The molecule has 0 aromatic heterocycles. The van der Waals surface area contributed by atoms with Crippen LogP contribution in [-0.4, -0.2) is 36.7 Å². The molecule has 0 aromatic rings. The van der Waals surface area contributed by atoms with E-state index in [1.54, 1.807) is 21.0 Å². The fraction of sp³-hybridized carbons (Fsp3) is 0.833. The maximum atomic E-state index is 11.5. The molecule has 2 N–H and O–H groups in total. The highest BCUT2D eigenvalue weighted by molar-refractivity contribution is 5.78. The minimum atomic E-state index is -0.886. The lowest BCUT2D eigenvalue weighted by Crippen LogP contribution is -2.40. The lowest BCUT2D eigenvalue weighted by molar-refractivity contribution is -0.148. The third-order valence-corrected chi connectivity index (χ3v) is 3.15. The molecule has 0 saturated heterocycles. The molecule has 2 atom stereocenters. The number of carbonyl (C=O) groups is 2. The van der Waals surface area contributed by atoms with Gasteiger partial charge in [-0.15, -0.1) is 0 Å². The van der Waals surface area contributed by atoms with E-state index in [1.807, 2.05) is 6.92 Å². The summed E-state index contributed by atoms with van der Waals surface area (Å²) in [6, 6.07) is 0. The number of rotatable bonds is 8. The molecule has 5 heteroatoms. The summed E-state index contributed by atoms with van der Waals surface area (Å²) in [5, 5.41) is 11.7. The molecule has 2 unspecified atom stereocenters. The minimum absolute atomic E-state index is 0.0396. The van der Waals surface area contributed by atoms with Crippen LogP contribution >= 0.6 is 0 Å². The van der Waals surface area contributed by atoms with Crippen LogP contribution < -0.4 is 5.32 Å². The van der Waals surface area contributed by atoms with Crippen molar-refractivity contribution in [2.75, 3.05) is 13.7 Å². The number of ether oxygens (including phenoxy) is 1. The number of hydrogen-bond acceptors (Lipinski definition) is 3. The lowest BCUT2D eigenvalue weighted by Gasteiger charge is -2.23. The van der Waals surface area contributed by atoms with Crippen molar-refractivity contribution in [1.29, 1.82) is 0 Å². The van der Waals surface area contributed by atoms with Crippen LogP contribution in [-0.2, 0) is 14.3 Å². The van der Waals surface area contributed by atoms with Gasteiger partial charge in [-0.05, 0) is 26.7 Å². The zero-order valence-electron chi connectivity index (χ0n) is 11.1. The maximum absolute atomic E-state index is 11.5. The van der Waals surface area contributed by atoms with E-state index in [2.05, 4.69) is 5.32 Å². The summed E-state index contributed by atoms with van der Waals surface area (Å²) in [5.41, 5.74) is -0.886. The Bertz CT molecular complexity index is 267. The van der Waals surface area contributed by atoms with E-state index < -0.39 is 11.4 Å². The first kappa shape index (κ1) is 15.9. The zero-order valence-corrected chi connectivity index (χ0v) is 11.1. The topological polar surface area (TPSA) is 75.6 Å². The molecule has 0 spiro atoms. The van der Waals surface area contributed by atoms with Gasteiger partial charge in [-0.25, -0.2) is 0 Å². The van der Waals surface area contributed by atoms with Gasteiger partial charge in [0.2, 0.25) is 5.91 Å². The van der Waals surface area contributed by atoms with Gasteiger partial charge in [0.25, 0.3) is 0 Å². The Morgan fingerprint density at radius 3 is 2.47 bits per heavy atom. The van der Waals surface area contributed by atoms with Crippen LogP contribution in [0.4, 0.5) is 0 Å². The highest BCUT2D eigenvalue weighted by Crippen LogP contribution is 2.19. The van der Waals surface area contributed by atoms with Crippen molar-refractivity contribution >= 4 is 11.9 Å². The number of carbonyl (C=O) groups excluding carboxylic acids is 1. The van der Waals surface area contributed by atoms with Gasteiger partial charge in [-0.1, -0.05) is 6.92 Å². The first-order valence-electron chi connectivity index (χ1n) is 5.88. The Morgan fingerprint density at radius 2 is 2.06 bits per heavy atom. The summed E-state index contributed by atoms with van der Waals surface area (Å²) in [6.07, 6.45) is 1.52. The minimum Gasteiger partial charge on any atom is -0.481 e.